The highest BCUT2D eigenvalue weighted by Gasteiger charge is 2.09. The van der Waals surface area contributed by atoms with Crippen LogP contribution in [0.1, 0.15) is 0 Å². The Labute approximate surface area is 87.1 Å². The van der Waals surface area contributed by atoms with Gasteiger partial charge in [-0.25, -0.2) is 0 Å². The molecule has 0 saturated heterocycles. The molecule has 2 aromatic carbocycles. The molecule has 0 saturated carbocycles. The summed E-state index contributed by atoms with van der Waals surface area (Å²) in [5.74, 6) is 0.121. The van der Waals surface area contributed by atoms with Gasteiger partial charge >= 0.3 is 10.4 Å². The second-order valence-electron chi connectivity index (χ2n) is 2.99. The second kappa shape index (κ2) is 3.52. The summed E-state index contributed by atoms with van der Waals surface area (Å²) in [5, 5.41) is 1.48. The Bertz CT molecular complexity index is 584. The van der Waals surface area contributed by atoms with Gasteiger partial charge < -0.3 is 4.18 Å². The average molecular weight is 224 g/mol. The highest BCUT2D eigenvalue weighted by molar-refractivity contribution is 7.81. The first kappa shape index (κ1) is 9.95. The Hall–Kier alpha value is -1.59. The van der Waals surface area contributed by atoms with Gasteiger partial charge in [0, 0.05) is 5.39 Å². The first-order chi connectivity index (χ1) is 7.06. The Balaban J connectivity index is 2.61. The van der Waals surface area contributed by atoms with Gasteiger partial charge in [0.1, 0.15) is 0 Å². The van der Waals surface area contributed by atoms with Gasteiger partial charge in [-0.2, -0.15) is 8.42 Å². The lowest BCUT2D eigenvalue weighted by Crippen LogP contribution is -2.06. The molecule has 0 aliphatic rings. The molecule has 0 aromatic heterocycles. The molecule has 0 radical (unpaired) electrons. The van der Waals surface area contributed by atoms with Crippen LogP contribution < -0.4 is 4.18 Å². The average Bonchev–Trinajstić information content (AvgIpc) is 2.16. The van der Waals surface area contributed by atoms with Crippen molar-refractivity contribution in [1.82, 2.24) is 0 Å². The lowest BCUT2D eigenvalue weighted by Gasteiger charge is -2.04. The molecule has 0 atom stereocenters. The minimum atomic E-state index is -4.47. The van der Waals surface area contributed by atoms with Crippen LogP contribution in [0.4, 0.5) is 0 Å². The molecule has 78 valence electrons. The summed E-state index contributed by atoms with van der Waals surface area (Å²) in [4.78, 5) is 0. The zero-order chi connectivity index (χ0) is 10.9. The van der Waals surface area contributed by atoms with E-state index in [0.29, 0.717) is 5.39 Å². The van der Waals surface area contributed by atoms with Gasteiger partial charge in [0.05, 0.1) is 0 Å². The van der Waals surface area contributed by atoms with E-state index in [1.165, 1.54) is 6.07 Å². The minimum Gasteiger partial charge on any atom is -0.361 e. The topological polar surface area (TPSA) is 63.6 Å². The van der Waals surface area contributed by atoms with Gasteiger partial charge in [0.25, 0.3) is 0 Å². The van der Waals surface area contributed by atoms with Crippen molar-refractivity contribution in [2.45, 2.75) is 0 Å². The summed E-state index contributed by atoms with van der Waals surface area (Å²) in [6.07, 6.45) is 0. The van der Waals surface area contributed by atoms with Gasteiger partial charge in [-0.1, -0.05) is 36.4 Å². The smallest absolute Gasteiger partial charge is 0.361 e. The van der Waals surface area contributed by atoms with Crippen molar-refractivity contribution < 1.29 is 17.2 Å². The van der Waals surface area contributed by atoms with E-state index in [4.69, 9.17) is 4.55 Å². The highest BCUT2D eigenvalue weighted by atomic mass is 32.3. The van der Waals surface area contributed by atoms with Crippen LogP contribution in [0.25, 0.3) is 10.8 Å². The minimum absolute atomic E-state index is 0.121. The van der Waals surface area contributed by atoms with Crippen molar-refractivity contribution in [1.29, 1.82) is 0 Å². The molecule has 0 bridgehead atoms. The number of hydrogen-bond donors (Lipinski definition) is 1. The first-order valence-electron chi connectivity index (χ1n) is 4.21. The molecule has 0 heterocycles. The van der Waals surface area contributed by atoms with E-state index in [-0.39, 0.29) is 5.75 Å². The lowest BCUT2D eigenvalue weighted by molar-refractivity contribution is 0.388. The van der Waals surface area contributed by atoms with E-state index in [1.54, 1.807) is 18.2 Å². The van der Waals surface area contributed by atoms with Gasteiger partial charge in [-0.3, -0.25) is 4.55 Å². The monoisotopic (exact) mass is 224 g/mol. The molecule has 0 aliphatic carbocycles. The van der Waals surface area contributed by atoms with Crippen molar-refractivity contribution in [2.75, 3.05) is 0 Å². The Morgan fingerprint density at radius 1 is 1.00 bits per heavy atom. The highest BCUT2D eigenvalue weighted by Crippen LogP contribution is 2.25. The van der Waals surface area contributed by atoms with Crippen LogP contribution in [0.2, 0.25) is 0 Å². The fraction of sp³-hybridized carbons (Fsp3) is 0. The second-order valence-corrected chi connectivity index (χ2v) is 4.01. The summed E-state index contributed by atoms with van der Waals surface area (Å²) < 4.78 is 34.2. The molecule has 2 aromatic rings. The van der Waals surface area contributed by atoms with Crippen LogP contribution in [0.15, 0.2) is 42.5 Å². The van der Waals surface area contributed by atoms with Crippen molar-refractivity contribution in [3.63, 3.8) is 0 Å². The molecule has 4 nitrogen and oxygen atoms in total. The van der Waals surface area contributed by atoms with E-state index < -0.39 is 10.4 Å². The predicted octanol–water partition coefficient (Wildman–Crippen LogP) is 2.02. The largest absolute Gasteiger partial charge is 0.446 e. The van der Waals surface area contributed by atoms with E-state index in [0.717, 1.165) is 5.39 Å². The van der Waals surface area contributed by atoms with Gasteiger partial charge in [0.2, 0.25) is 0 Å². The first-order valence-corrected chi connectivity index (χ1v) is 5.57. The molecule has 0 fully saturated rings. The van der Waals surface area contributed by atoms with Gasteiger partial charge in [-0.15, -0.1) is 0 Å². The fourth-order valence-corrected chi connectivity index (χ4v) is 1.75. The van der Waals surface area contributed by atoms with Crippen molar-refractivity contribution in [3.05, 3.63) is 42.5 Å². The zero-order valence-electron chi connectivity index (χ0n) is 7.62. The fourth-order valence-electron chi connectivity index (χ4n) is 1.38. The molecular formula is C10H8O4S. The molecule has 0 aliphatic heterocycles. The molecule has 1 N–H and O–H groups in total. The van der Waals surface area contributed by atoms with Crippen molar-refractivity contribution in [3.8, 4) is 5.75 Å². The maximum absolute atomic E-state index is 10.6. The molecule has 0 spiro atoms. The standard InChI is InChI=1S/C10H8O4S/c11-15(12,13)14-10-7-3-5-8-4-1-2-6-9(8)10/h1-7H,(H,11,12,13). The van der Waals surface area contributed by atoms with E-state index in [2.05, 4.69) is 4.18 Å². The third-order valence-electron chi connectivity index (χ3n) is 1.94. The molecule has 5 heteroatoms. The van der Waals surface area contributed by atoms with Crippen LogP contribution in [0.3, 0.4) is 0 Å². The normalized spacial score (nSPS) is 11.5. The van der Waals surface area contributed by atoms with Crippen molar-refractivity contribution in [2.24, 2.45) is 0 Å². The van der Waals surface area contributed by atoms with E-state index in [1.807, 2.05) is 18.2 Å². The Morgan fingerprint density at radius 2 is 1.67 bits per heavy atom. The quantitative estimate of drug-likeness (QED) is 0.792. The summed E-state index contributed by atoms with van der Waals surface area (Å²) in [6.45, 7) is 0. The van der Waals surface area contributed by atoms with Crippen LogP contribution in [0.5, 0.6) is 5.75 Å². The Kier molecular flexibility index (Phi) is 2.34. The maximum Gasteiger partial charge on any atom is 0.446 e. The molecule has 15 heavy (non-hydrogen) atoms. The molecule has 0 amide bonds. The number of hydrogen-bond acceptors (Lipinski definition) is 3. The van der Waals surface area contributed by atoms with Gasteiger partial charge in [0.15, 0.2) is 5.75 Å². The van der Waals surface area contributed by atoms with Crippen LogP contribution in [-0.4, -0.2) is 13.0 Å². The van der Waals surface area contributed by atoms with Crippen molar-refractivity contribution >= 4 is 21.2 Å². The van der Waals surface area contributed by atoms with Crippen LogP contribution >= 0.6 is 0 Å². The molecular weight excluding hydrogens is 216 g/mol. The van der Waals surface area contributed by atoms with E-state index in [9.17, 15) is 8.42 Å². The van der Waals surface area contributed by atoms with E-state index >= 15 is 0 Å². The zero-order valence-corrected chi connectivity index (χ0v) is 8.44. The third kappa shape index (κ3) is 2.26. The summed E-state index contributed by atoms with van der Waals surface area (Å²) in [7, 11) is -4.47. The number of benzene rings is 2. The predicted molar refractivity (Wildman–Crippen MR) is 56.1 cm³/mol. The van der Waals surface area contributed by atoms with Crippen LogP contribution in [-0.2, 0) is 10.4 Å². The molecule has 2 rings (SSSR count). The summed E-state index contributed by atoms with van der Waals surface area (Å²) in [5.41, 5.74) is 0. The number of fused-ring (bicyclic) bond motifs is 1. The van der Waals surface area contributed by atoms with Gasteiger partial charge in [-0.05, 0) is 11.5 Å². The third-order valence-corrected chi connectivity index (χ3v) is 2.33. The lowest BCUT2D eigenvalue weighted by atomic mass is 10.1. The SMILES string of the molecule is O=S(=O)(O)Oc1cccc2ccccc12. The molecule has 0 unspecified atom stereocenters. The Morgan fingerprint density at radius 3 is 2.40 bits per heavy atom. The van der Waals surface area contributed by atoms with Crippen LogP contribution in [0, 0.1) is 0 Å². The summed E-state index contributed by atoms with van der Waals surface area (Å²) >= 11 is 0. The number of rotatable bonds is 2. The maximum atomic E-state index is 10.6. The summed E-state index contributed by atoms with van der Waals surface area (Å²) in [6, 6.07) is 12.1.